The van der Waals surface area contributed by atoms with Crippen molar-refractivity contribution in [3.63, 3.8) is 0 Å². The number of aromatic nitrogens is 5. The van der Waals surface area contributed by atoms with Gasteiger partial charge >= 0.3 is 0 Å². The number of rotatable bonds is 1. The summed E-state index contributed by atoms with van der Waals surface area (Å²) in [5.74, 6) is 6.80. The SMILES string of the molecule is Cn1c(N2CCC3(CC2)COC[C@H]3N)nc2[nH]nc(C#Cc3cccnc3N)c2c1=O. The summed E-state index contributed by atoms with van der Waals surface area (Å²) in [4.78, 5) is 24.0. The highest BCUT2D eigenvalue weighted by molar-refractivity contribution is 5.81. The molecule has 0 unspecified atom stereocenters. The summed E-state index contributed by atoms with van der Waals surface area (Å²) in [5, 5.41) is 7.42. The molecule has 2 fully saturated rings. The fourth-order valence-electron chi connectivity index (χ4n) is 4.41. The third-order valence-corrected chi connectivity index (χ3v) is 6.45. The number of nitrogens with two attached hydrogens (primary N) is 2. The fourth-order valence-corrected chi connectivity index (χ4v) is 4.41. The maximum atomic E-state index is 13.1. The van der Waals surface area contributed by atoms with Gasteiger partial charge in [0.05, 0.1) is 18.8 Å². The van der Waals surface area contributed by atoms with Gasteiger partial charge in [0, 0.05) is 37.8 Å². The lowest BCUT2D eigenvalue weighted by Gasteiger charge is -2.41. The third-order valence-electron chi connectivity index (χ3n) is 6.45. The Kier molecular flexibility index (Phi) is 4.64. The van der Waals surface area contributed by atoms with E-state index in [1.165, 1.54) is 0 Å². The van der Waals surface area contributed by atoms with E-state index in [0.717, 1.165) is 25.9 Å². The molecule has 10 heteroatoms. The third kappa shape index (κ3) is 3.22. The molecule has 5 heterocycles. The van der Waals surface area contributed by atoms with Crippen LogP contribution in [-0.2, 0) is 11.8 Å². The zero-order chi connectivity index (χ0) is 21.6. The van der Waals surface area contributed by atoms with Crippen molar-refractivity contribution >= 4 is 22.8 Å². The lowest BCUT2D eigenvalue weighted by atomic mass is 9.75. The molecule has 3 aromatic heterocycles. The molecule has 0 bridgehead atoms. The first-order valence-electron chi connectivity index (χ1n) is 10.2. The minimum Gasteiger partial charge on any atom is -0.383 e. The van der Waals surface area contributed by atoms with Crippen LogP contribution < -0.4 is 21.9 Å². The minimum absolute atomic E-state index is 0.0321. The van der Waals surface area contributed by atoms with Crippen LogP contribution in [0.25, 0.3) is 11.0 Å². The van der Waals surface area contributed by atoms with Crippen LogP contribution in [0, 0.1) is 17.3 Å². The van der Waals surface area contributed by atoms with Crippen molar-refractivity contribution in [1.29, 1.82) is 0 Å². The molecule has 0 saturated carbocycles. The van der Waals surface area contributed by atoms with Crippen LogP contribution in [0.4, 0.5) is 11.8 Å². The standard InChI is InChI=1S/C21H24N8O2/c1-28-19(30)16-14(5-4-13-3-2-8-24-17(13)23)26-27-18(16)25-20(28)29-9-6-21(7-10-29)12-31-11-15(21)22/h2-3,8,15H,6-7,9-12,22H2,1H3,(H2,23,24)(H,26,27)/t15-/m1/s1. The molecule has 0 radical (unpaired) electrons. The number of nitrogens with one attached hydrogen (secondary N) is 1. The van der Waals surface area contributed by atoms with E-state index in [-0.39, 0.29) is 17.0 Å². The molecular weight excluding hydrogens is 396 g/mol. The number of piperidine rings is 1. The zero-order valence-corrected chi connectivity index (χ0v) is 17.3. The van der Waals surface area contributed by atoms with E-state index >= 15 is 0 Å². The molecule has 0 amide bonds. The molecule has 160 valence electrons. The van der Waals surface area contributed by atoms with E-state index < -0.39 is 0 Å². The number of hydrogen-bond acceptors (Lipinski definition) is 8. The Morgan fingerprint density at radius 2 is 2.13 bits per heavy atom. The maximum absolute atomic E-state index is 13.1. The second-order valence-corrected chi connectivity index (χ2v) is 8.23. The van der Waals surface area contributed by atoms with Crippen LogP contribution in [0.3, 0.4) is 0 Å². The number of hydrogen-bond donors (Lipinski definition) is 3. The monoisotopic (exact) mass is 420 g/mol. The highest BCUT2D eigenvalue weighted by Gasteiger charge is 2.44. The summed E-state index contributed by atoms with van der Waals surface area (Å²) < 4.78 is 7.16. The number of ether oxygens (including phenoxy) is 1. The van der Waals surface area contributed by atoms with E-state index in [9.17, 15) is 4.79 Å². The summed E-state index contributed by atoms with van der Waals surface area (Å²) in [5.41, 5.74) is 13.3. The smallest absolute Gasteiger partial charge is 0.267 e. The van der Waals surface area contributed by atoms with Gasteiger partial charge in [0.2, 0.25) is 5.95 Å². The number of nitrogens with zero attached hydrogens (tertiary/aromatic N) is 5. The predicted molar refractivity (Wildman–Crippen MR) is 116 cm³/mol. The van der Waals surface area contributed by atoms with Crippen LogP contribution >= 0.6 is 0 Å². The highest BCUT2D eigenvalue weighted by atomic mass is 16.5. The Morgan fingerprint density at radius 3 is 2.84 bits per heavy atom. The van der Waals surface area contributed by atoms with Crippen molar-refractivity contribution in [2.75, 3.05) is 36.9 Å². The van der Waals surface area contributed by atoms with Crippen molar-refractivity contribution in [3.8, 4) is 11.8 Å². The number of pyridine rings is 1. The molecule has 5 N–H and O–H groups in total. The lowest BCUT2D eigenvalue weighted by molar-refractivity contribution is 0.131. The largest absolute Gasteiger partial charge is 0.383 e. The van der Waals surface area contributed by atoms with E-state index in [4.69, 9.17) is 21.2 Å². The average Bonchev–Trinajstić information content (AvgIpc) is 3.34. The minimum atomic E-state index is -0.196. The van der Waals surface area contributed by atoms with Crippen LogP contribution in [-0.4, -0.2) is 57.1 Å². The second kappa shape index (κ2) is 7.37. The van der Waals surface area contributed by atoms with Gasteiger partial charge in [-0.3, -0.25) is 14.5 Å². The van der Waals surface area contributed by atoms with Crippen molar-refractivity contribution in [1.82, 2.24) is 24.7 Å². The number of aromatic amines is 1. The van der Waals surface area contributed by atoms with Crippen molar-refractivity contribution in [2.24, 2.45) is 18.2 Å². The molecular formula is C21H24N8O2. The zero-order valence-electron chi connectivity index (χ0n) is 17.3. The Morgan fingerprint density at radius 1 is 1.32 bits per heavy atom. The fraction of sp³-hybridized carbons (Fsp3) is 0.429. The normalized spacial score (nSPS) is 20.2. The summed E-state index contributed by atoms with van der Waals surface area (Å²) in [6, 6.07) is 3.59. The number of fused-ring (bicyclic) bond motifs is 1. The molecule has 5 rings (SSSR count). The van der Waals surface area contributed by atoms with Gasteiger partial charge in [0.1, 0.15) is 11.2 Å². The Bertz CT molecular complexity index is 1260. The van der Waals surface area contributed by atoms with Gasteiger partial charge < -0.3 is 21.1 Å². The summed E-state index contributed by atoms with van der Waals surface area (Å²) in [6.07, 6.45) is 3.42. The van der Waals surface area contributed by atoms with Crippen LogP contribution in [0.15, 0.2) is 23.1 Å². The van der Waals surface area contributed by atoms with Crippen molar-refractivity contribution in [3.05, 3.63) is 39.9 Å². The van der Waals surface area contributed by atoms with Gasteiger partial charge in [-0.2, -0.15) is 10.1 Å². The molecule has 1 atom stereocenters. The number of nitrogen functional groups attached to an aromatic ring is 1. The van der Waals surface area contributed by atoms with Gasteiger partial charge in [-0.25, -0.2) is 4.98 Å². The van der Waals surface area contributed by atoms with Crippen molar-refractivity contribution in [2.45, 2.75) is 18.9 Å². The van der Waals surface area contributed by atoms with Gasteiger partial charge in [0.25, 0.3) is 5.56 Å². The van der Waals surface area contributed by atoms with E-state index in [0.29, 0.717) is 47.3 Å². The van der Waals surface area contributed by atoms with Crippen LogP contribution in [0.5, 0.6) is 0 Å². The molecule has 0 aliphatic carbocycles. The summed E-state index contributed by atoms with van der Waals surface area (Å²) >= 11 is 0. The molecule has 2 aliphatic heterocycles. The van der Waals surface area contributed by atoms with E-state index in [1.807, 2.05) is 0 Å². The lowest BCUT2D eigenvalue weighted by Crippen LogP contribution is -2.50. The molecule has 3 aromatic rings. The topological polar surface area (TPSA) is 141 Å². The first-order valence-corrected chi connectivity index (χ1v) is 10.2. The number of H-pyrrole nitrogens is 1. The van der Waals surface area contributed by atoms with E-state index in [1.54, 1.807) is 29.9 Å². The summed E-state index contributed by atoms with van der Waals surface area (Å²) in [6.45, 7) is 2.86. The van der Waals surface area contributed by atoms with Crippen LogP contribution in [0.2, 0.25) is 0 Å². The van der Waals surface area contributed by atoms with Crippen molar-refractivity contribution < 1.29 is 4.74 Å². The molecule has 2 saturated heterocycles. The van der Waals surface area contributed by atoms with Gasteiger partial charge in [-0.1, -0.05) is 5.92 Å². The molecule has 2 aliphatic rings. The van der Waals surface area contributed by atoms with E-state index in [2.05, 4.69) is 31.9 Å². The summed E-state index contributed by atoms with van der Waals surface area (Å²) in [7, 11) is 1.72. The molecule has 0 aromatic carbocycles. The molecule has 31 heavy (non-hydrogen) atoms. The Labute approximate surface area is 178 Å². The van der Waals surface area contributed by atoms with Gasteiger partial charge in [-0.05, 0) is 30.9 Å². The highest BCUT2D eigenvalue weighted by Crippen LogP contribution is 2.39. The average molecular weight is 420 g/mol. The predicted octanol–water partition coefficient (Wildman–Crippen LogP) is -0.0223. The molecule has 1 spiro atoms. The second-order valence-electron chi connectivity index (χ2n) is 8.23. The van der Waals surface area contributed by atoms with Crippen LogP contribution in [0.1, 0.15) is 24.1 Å². The Balaban J connectivity index is 1.46. The Hall–Kier alpha value is -3.42. The number of anilines is 2. The quantitative estimate of drug-likeness (QED) is 0.467. The first kappa shape index (κ1) is 19.5. The first-order chi connectivity index (χ1) is 15.0. The van der Waals surface area contributed by atoms with Gasteiger partial charge in [-0.15, -0.1) is 0 Å². The maximum Gasteiger partial charge on any atom is 0.267 e. The molecule has 10 nitrogen and oxygen atoms in total. The van der Waals surface area contributed by atoms with Gasteiger partial charge in [0.15, 0.2) is 11.3 Å².